The van der Waals surface area contributed by atoms with Gasteiger partial charge in [-0.3, -0.25) is 9.59 Å². The van der Waals surface area contributed by atoms with Crippen LogP contribution in [0.1, 0.15) is 44.0 Å². The highest BCUT2D eigenvalue weighted by Crippen LogP contribution is 2.22. The highest BCUT2D eigenvalue weighted by Gasteiger charge is 2.16. The van der Waals surface area contributed by atoms with Gasteiger partial charge < -0.3 is 10.1 Å². The van der Waals surface area contributed by atoms with Gasteiger partial charge in [-0.1, -0.05) is 29.3 Å². The van der Waals surface area contributed by atoms with Crippen molar-refractivity contribution in [3.05, 3.63) is 28.2 Å². The fraction of sp³-hybridized carbons (Fsp3) is 0.467. The average Bonchev–Trinajstić information content (AvgIpc) is 2.41. The van der Waals surface area contributed by atoms with Crippen molar-refractivity contribution < 1.29 is 14.3 Å². The Hall–Kier alpha value is -1.36. The van der Waals surface area contributed by atoms with E-state index in [-0.39, 0.29) is 11.9 Å². The van der Waals surface area contributed by atoms with Gasteiger partial charge in [0, 0.05) is 16.1 Å². The summed E-state index contributed by atoms with van der Waals surface area (Å²) in [4.78, 5) is 22.8. The first-order valence-electron chi connectivity index (χ1n) is 6.69. The fourth-order valence-corrected chi connectivity index (χ4v) is 2.15. The predicted molar refractivity (Wildman–Crippen MR) is 82.1 cm³/mol. The van der Waals surface area contributed by atoms with Crippen molar-refractivity contribution >= 4 is 28.1 Å². The van der Waals surface area contributed by atoms with E-state index in [9.17, 15) is 9.59 Å². The molecule has 0 aliphatic heterocycles. The lowest BCUT2D eigenvalue weighted by molar-refractivity contribution is -0.127. The molecule has 110 valence electrons. The third kappa shape index (κ3) is 4.96. The van der Waals surface area contributed by atoms with Gasteiger partial charge in [0.05, 0.1) is 0 Å². The standard InChI is InChI=1S/C15H20BrNO3/c1-4-5-10(2)17-15(19)11(3)20-13-6-7-14(16)12(8-13)9-18/h6-11H,4-5H2,1-3H3,(H,17,19). The lowest BCUT2D eigenvalue weighted by Crippen LogP contribution is -2.41. The maximum absolute atomic E-state index is 11.9. The van der Waals surface area contributed by atoms with Crippen LogP contribution in [-0.2, 0) is 4.79 Å². The SMILES string of the molecule is CCCC(C)NC(=O)C(C)Oc1ccc(Br)c(C=O)c1. The number of benzene rings is 1. The van der Waals surface area contributed by atoms with E-state index in [2.05, 4.69) is 28.2 Å². The van der Waals surface area contributed by atoms with Crippen LogP contribution in [0, 0.1) is 0 Å². The summed E-state index contributed by atoms with van der Waals surface area (Å²) in [5.41, 5.74) is 0.495. The molecular weight excluding hydrogens is 322 g/mol. The number of ether oxygens (including phenoxy) is 1. The monoisotopic (exact) mass is 341 g/mol. The molecule has 5 heteroatoms. The Morgan fingerprint density at radius 1 is 1.45 bits per heavy atom. The Labute approximate surface area is 128 Å². The Bertz CT molecular complexity index is 476. The summed E-state index contributed by atoms with van der Waals surface area (Å²) in [5, 5.41) is 2.90. The van der Waals surface area contributed by atoms with Gasteiger partial charge in [0.25, 0.3) is 5.91 Å². The molecule has 1 amide bonds. The van der Waals surface area contributed by atoms with E-state index < -0.39 is 6.10 Å². The molecule has 0 fully saturated rings. The van der Waals surface area contributed by atoms with Crippen LogP contribution in [0.25, 0.3) is 0 Å². The molecule has 0 radical (unpaired) electrons. The zero-order chi connectivity index (χ0) is 15.1. The number of carbonyl (C=O) groups is 2. The molecule has 0 bridgehead atoms. The van der Waals surface area contributed by atoms with Crippen molar-refractivity contribution in [3.63, 3.8) is 0 Å². The largest absolute Gasteiger partial charge is 0.481 e. The molecule has 2 unspecified atom stereocenters. The molecule has 1 rings (SSSR count). The van der Waals surface area contributed by atoms with E-state index in [1.807, 2.05) is 6.92 Å². The van der Waals surface area contributed by atoms with Gasteiger partial charge in [0.1, 0.15) is 5.75 Å². The molecule has 0 saturated carbocycles. The second-order valence-corrected chi connectivity index (χ2v) is 5.61. The van der Waals surface area contributed by atoms with Crippen molar-refractivity contribution in [1.82, 2.24) is 5.32 Å². The summed E-state index contributed by atoms with van der Waals surface area (Å²) < 4.78 is 6.26. The Balaban J connectivity index is 2.63. The number of rotatable bonds is 7. The Morgan fingerprint density at radius 2 is 2.15 bits per heavy atom. The van der Waals surface area contributed by atoms with Crippen molar-refractivity contribution in [2.24, 2.45) is 0 Å². The van der Waals surface area contributed by atoms with Gasteiger partial charge in [0.15, 0.2) is 12.4 Å². The lowest BCUT2D eigenvalue weighted by atomic mass is 10.2. The van der Waals surface area contributed by atoms with Crippen molar-refractivity contribution in [1.29, 1.82) is 0 Å². The summed E-state index contributed by atoms with van der Waals surface area (Å²) in [7, 11) is 0. The molecule has 1 aromatic carbocycles. The van der Waals surface area contributed by atoms with Crippen LogP contribution in [0.4, 0.5) is 0 Å². The first-order valence-corrected chi connectivity index (χ1v) is 7.49. The first-order chi connectivity index (χ1) is 9.47. The molecular formula is C15H20BrNO3. The third-order valence-corrected chi connectivity index (χ3v) is 3.61. The number of hydrogen-bond acceptors (Lipinski definition) is 3. The average molecular weight is 342 g/mol. The highest BCUT2D eigenvalue weighted by molar-refractivity contribution is 9.10. The minimum absolute atomic E-state index is 0.133. The summed E-state index contributed by atoms with van der Waals surface area (Å²) in [6, 6.07) is 5.18. The van der Waals surface area contributed by atoms with Crippen LogP contribution in [0.3, 0.4) is 0 Å². The van der Waals surface area contributed by atoms with Crippen molar-refractivity contribution in [2.45, 2.75) is 45.8 Å². The van der Waals surface area contributed by atoms with Crippen LogP contribution in [-0.4, -0.2) is 24.3 Å². The quantitative estimate of drug-likeness (QED) is 0.774. The minimum atomic E-state index is -0.602. The predicted octanol–water partition coefficient (Wildman–Crippen LogP) is 3.33. The van der Waals surface area contributed by atoms with Crippen LogP contribution in [0.5, 0.6) is 5.75 Å². The molecule has 20 heavy (non-hydrogen) atoms. The number of halogens is 1. The highest BCUT2D eigenvalue weighted by atomic mass is 79.9. The van der Waals surface area contributed by atoms with Gasteiger partial charge in [-0.25, -0.2) is 0 Å². The van der Waals surface area contributed by atoms with Crippen LogP contribution in [0.15, 0.2) is 22.7 Å². The van der Waals surface area contributed by atoms with Gasteiger partial charge in [-0.15, -0.1) is 0 Å². The van der Waals surface area contributed by atoms with Crippen molar-refractivity contribution in [3.8, 4) is 5.75 Å². The molecule has 0 spiro atoms. The van der Waals surface area contributed by atoms with E-state index in [4.69, 9.17) is 4.74 Å². The molecule has 0 saturated heterocycles. The van der Waals surface area contributed by atoms with Gasteiger partial charge in [-0.05, 0) is 38.5 Å². The van der Waals surface area contributed by atoms with E-state index in [0.717, 1.165) is 19.1 Å². The van der Waals surface area contributed by atoms with E-state index in [1.54, 1.807) is 25.1 Å². The molecule has 0 aliphatic rings. The maximum Gasteiger partial charge on any atom is 0.260 e. The number of hydrogen-bond donors (Lipinski definition) is 1. The number of carbonyl (C=O) groups excluding carboxylic acids is 2. The Kier molecular flexibility index (Phi) is 6.71. The second kappa shape index (κ2) is 8.04. The third-order valence-electron chi connectivity index (χ3n) is 2.89. The number of aldehydes is 1. The van der Waals surface area contributed by atoms with Crippen LogP contribution >= 0.6 is 15.9 Å². The molecule has 1 aromatic rings. The van der Waals surface area contributed by atoms with E-state index in [1.165, 1.54) is 0 Å². The fourth-order valence-electron chi connectivity index (χ4n) is 1.81. The summed E-state index contributed by atoms with van der Waals surface area (Å²) in [6.07, 6.45) is 2.10. The van der Waals surface area contributed by atoms with Gasteiger partial charge in [-0.2, -0.15) is 0 Å². The molecule has 0 aliphatic carbocycles. The minimum Gasteiger partial charge on any atom is -0.481 e. The van der Waals surface area contributed by atoms with Gasteiger partial charge in [0.2, 0.25) is 0 Å². The normalized spacial score (nSPS) is 13.4. The zero-order valence-corrected chi connectivity index (χ0v) is 13.6. The van der Waals surface area contributed by atoms with E-state index in [0.29, 0.717) is 15.8 Å². The molecule has 0 aromatic heterocycles. The zero-order valence-electron chi connectivity index (χ0n) is 12.0. The molecule has 1 N–H and O–H groups in total. The second-order valence-electron chi connectivity index (χ2n) is 4.76. The summed E-state index contributed by atoms with van der Waals surface area (Å²) in [6.45, 7) is 5.74. The van der Waals surface area contributed by atoms with Gasteiger partial charge >= 0.3 is 0 Å². The first kappa shape index (κ1) is 16.7. The number of amides is 1. The van der Waals surface area contributed by atoms with Crippen LogP contribution in [0.2, 0.25) is 0 Å². The van der Waals surface area contributed by atoms with Crippen LogP contribution < -0.4 is 10.1 Å². The Morgan fingerprint density at radius 3 is 2.75 bits per heavy atom. The van der Waals surface area contributed by atoms with E-state index >= 15 is 0 Å². The molecule has 0 heterocycles. The smallest absolute Gasteiger partial charge is 0.260 e. The molecule has 4 nitrogen and oxygen atoms in total. The number of nitrogens with one attached hydrogen (secondary N) is 1. The summed E-state index contributed by atoms with van der Waals surface area (Å²) >= 11 is 3.27. The van der Waals surface area contributed by atoms with Crippen molar-refractivity contribution in [2.75, 3.05) is 0 Å². The molecule has 2 atom stereocenters. The topological polar surface area (TPSA) is 55.4 Å². The maximum atomic E-state index is 11.9. The lowest BCUT2D eigenvalue weighted by Gasteiger charge is -2.18. The summed E-state index contributed by atoms with van der Waals surface area (Å²) in [5.74, 6) is 0.350.